The van der Waals surface area contributed by atoms with E-state index in [1.165, 1.54) is 0 Å². The maximum absolute atomic E-state index is 12.6. The molecule has 0 aliphatic carbocycles. The van der Waals surface area contributed by atoms with Crippen LogP contribution in [0.2, 0.25) is 0 Å². The third-order valence-corrected chi connectivity index (χ3v) is 4.86. The van der Waals surface area contributed by atoms with Gasteiger partial charge in [-0.05, 0) is 13.3 Å². The van der Waals surface area contributed by atoms with Crippen molar-refractivity contribution in [2.45, 2.75) is 32.4 Å². The average molecular weight is 366 g/mol. The summed E-state index contributed by atoms with van der Waals surface area (Å²) in [6.07, 6.45) is 3.34. The summed E-state index contributed by atoms with van der Waals surface area (Å²) in [5, 5.41) is 11.0. The van der Waals surface area contributed by atoms with E-state index < -0.39 is 0 Å². The molecule has 9 nitrogen and oxygen atoms in total. The number of rotatable bonds is 6. The lowest BCUT2D eigenvalue weighted by molar-refractivity contribution is -0.0101. The SMILES string of the molecule is CCn1cnnc1CCNC(=O)N1CCCOC(CN2CCOCC2)C1. The van der Waals surface area contributed by atoms with Gasteiger partial charge in [0.1, 0.15) is 12.2 Å². The summed E-state index contributed by atoms with van der Waals surface area (Å²) in [5.74, 6) is 0.900. The second-order valence-corrected chi connectivity index (χ2v) is 6.72. The summed E-state index contributed by atoms with van der Waals surface area (Å²) in [6.45, 7) is 9.80. The molecule has 26 heavy (non-hydrogen) atoms. The van der Waals surface area contributed by atoms with Crippen LogP contribution in [-0.2, 0) is 22.4 Å². The van der Waals surface area contributed by atoms with Crippen molar-refractivity contribution in [2.24, 2.45) is 0 Å². The van der Waals surface area contributed by atoms with Crippen LogP contribution in [0.1, 0.15) is 19.2 Å². The Kier molecular flexibility index (Phi) is 7.22. The van der Waals surface area contributed by atoms with Crippen LogP contribution < -0.4 is 5.32 Å². The fourth-order valence-electron chi connectivity index (χ4n) is 3.39. The molecular formula is C17H30N6O3. The van der Waals surface area contributed by atoms with Crippen LogP contribution in [-0.4, -0.2) is 95.8 Å². The van der Waals surface area contributed by atoms with Gasteiger partial charge in [-0.1, -0.05) is 0 Å². The van der Waals surface area contributed by atoms with Gasteiger partial charge >= 0.3 is 6.03 Å². The Morgan fingerprint density at radius 2 is 2.15 bits per heavy atom. The predicted octanol–water partition coefficient (Wildman–Crippen LogP) is -0.0268. The van der Waals surface area contributed by atoms with E-state index in [-0.39, 0.29) is 12.1 Å². The fourth-order valence-corrected chi connectivity index (χ4v) is 3.39. The smallest absolute Gasteiger partial charge is 0.317 e. The normalized spacial score (nSPS) is 22.2. The zero-order valence-corrected chi connectivity index (χ0v) is 15.6. The lowest BCUT2D eigenvalue weighted by atomic mass is 10.2. The Morgan fingerprint density at radius 1 is 1.31 bits per heavy atom. The molecule has 0 saturated carbocycles. The lowest BCUT2D eigenvalue weighted by Crippen LogP contribution is -2.48. The monoisotopic (exact) mass is 366 g/mol. The number of hydrogen-bond acceptors (Lipinski definition) is 6. The maximum atomic E-state index is 12.6. The molecule has 1 unspecified atom stereocenters. The van der Waals surface area contributed by atoms with Crippen molar-refractivity contribution in [1.29, 1.82) is 0 Å². The van der Waals surface area contributed by atoms with Gasteiger partial charge in [-0.3, -0.25) is 4.90 Å². The van der Waals surface area contributed by atoms with Gasteiger partial charge in [-0.15, -0.1) is 10.2 Å². The van der Waals surface area contributed by atoms with Gasteiger partial charge in [-0.2, -0.15) is 0 Å². The zero-order valence-electron chi connectivity index (χ0n) is 15.6. The summed E-state index contributed by atoms with van der Waals surface area (Å²) in [4.78, 5) is 16.8. The number of carbonyl (C=O) groups is 1. The highest BCUT2D eigenvalue weighted by Crippen LogP contribution is 2.09. The van der Waals surface area contributed by atoms with E-state index >= 15 is 0 Å². The Hall–Kier alpha value is -1.71. The van der Waals surface area contributed by atoms with Crippen LogP contribution in [0.5, 0.6) is 0 Å². The minimum absolute atomic E-state index is 0.0231. The fraction of sp³-hybridized carbons (Fsp3) is 0.824. The molecule has 0 radical (unpaired) electrons. The molecule has 0 aromatic carbocycles. The van der Waals surface area contributed by atoms with E-state index in [4.69, 9.17) is 9.47 Å². The molecule has 2 saturated heterocycles. The number of urea groups is 1. The molecule has 0 bridgehead atoms. The molecule has 1 atom stereocenters. The number of aromatic nitrogens is 3. The van der Waals surface area contributed by atoms with Gasteiger partial charge in [0.25, 0.3) is 0 Å². The van der Waals surface area contributed by atoms with Crippen LogP contribution in [0.15, 0.2) is 6.33 Å². The van der Waals surface area contributed by atoms with E-state index in [9.17, 15) is 4.79 Å². The van der Waals surface area contributed by atoms with Gasteiger partial charge in [0.15, 0.2) is 0 Å². The van der Waals surface area contributed by atoms with Crippen LogP contribution in [0.4, 0.5) is 4.79 Å². The molecular weight excluding hydrogens is 336 g/mol. The van der Waals surface area contributed by atoms with Crippen LogP contribution >= 0.6 is 0 Å². The first kappa shape index (κ1) is 19.1. The van der Waals surface area contributed by atoms with Gasteiger partial charge in [0.2, 0.25) is 0 Å². The molecule has 2 aliphatic heterocycles. The van der Waals surface area contributed by atoms with Crippen LogP contribution in [0, 0.1) is 0 Å². The molecule has 1 N–H and O–H groups in total. The molecule has 9 heteroatoms. The van der Waals surface area contributed by atoms with E-state index in [0.29, 0.717) is 26.1 Å². The van der Waals surface area contributed by atoms with Crippen molar-refractivity contribution in [2.75, 3.05) is 59.1 Å². The largest absolute Gasteiger partial charge is 0.379 e. The first-order chi connectivity index (χ1) is 12.8. The molecule has 1 aromatic rings. The van der Waals surface area contributed by atoms with E-state index in [0.717, 1.165) is 58.2 Å². The van der Waals surface area contributed by atoms with Crippen molar-refractivity contribution in [3.8, 4) is 0 Å². The Balaban J connectivity index is 1.44. The predicted molar refractivity (Wildman–Crippen MR) is 96.0 cm³/mol. The molecule has 2 aliphatic rings. The Bertz CT molecular complexity index is 560. The summed E-state index contributed by atoms with van der Waals surface area (Å²) in [5.41, 5.74) is 0. The molecule has 1 aromatic heterocycles. The number of nitrogens with zero attached hydrogens (tertiary/aromatic N) is 5. The molecule has 146 valence electrons. The summed E-state index contributed by atoms with van der Waals surface area (Å²) < 4.78 is 13.3. The third kappa shape index (κ3) is 5.39. The average Bonchev–Trinajstić information content (AvgIpc) is 2.99. The number of nitrogens with one attached hydrogen (secondary N) is 1. The summed E-state index contributed by atoms with van der Waals surface area (Å²) in [7, 11) is 0. The highest BCUT2D eigenvalue weighted by molar-refractivity contribution is 5.74. The van der Waals surface area contributed by atoms with Gasteiger partial charge in [0, 0.05) is 58.8 Å². The van der Waals surface area contributed by atoms with Crippen molar-refractivity contribution in [1.82, 2.24) is 29.9 Å². The molecule has 0 spiro atoms. The maximum Gasteiger partial charge on any atom is 0.317 e. The lowest BCUT2D eigenvalue weighted by Gasteiger charge is -2.31. The highest BCUT2D eigenvalue weighted by Gasteiger charge is 2.25. The number of morpholine rings is 1. The van der Waals surface area contributed by atoms with Crippen LogP contribution in [0.3, 0.4) is 0 Å². The number of ether oxygens (including phenoxy) is 2. The molecule has 3 heterocycles. The van der Waals surface area contributed by atoms with Crippen molar-refractivity contribution >= 4 is 6.03 Å². The van der Waals surface area contributed by atoms with Crippen molar-refractivity contribution in [3.63, 3.8) is 0 Å². The number of hydrogen-bond donors (Lipinski definition) is 1. The van der Waals surface area contributed by atoms with E-state index in [1.807, 2.05) is 9.47 Å². The molecule has 2 amide bonds. The minimum Gasteiger partial charge on any atom is -0.379 e. The highest BCUT2D eigenvalue weighted by atomic mass is 16.5. The first-order valence-electron chi connectivity index (χ1n) is 9.57. The second kappa shape index (κ2) is 9.84. The Morgan fingerprint density at radius 3 is 2.96 bits per heavy atom. The zero-order chi connectivity index (χ0) is 18.2. The second-order valence-electron chi connectivity index (χ2n) is 6.72. The number of aryl methyl sites for hydroxylation is 1. The number of carbonyl (C=O) groups excluding carboxylic acids is 1. The van der Waals surface area contributed by atoms with Gasteiger partial charge in [0.05, 0.1) is 19.3 Å². The van der Waals surface area contributed by atoms with Gasteiger partial charge < -0.3 is 24.3 Å². The van der Waals surface area contributed by atoms with E-state index in [2.05, 4.69) is 27.3 Å². The molecule has 2 fully saturated rings. The van der Waals surface area contributed by atoms with Crippen molar-refractivity contribution in [3.05, 3.63) is 12.2 Å². The first-order valence-corrected chi connectivity index (χ1v) is 9.57. The quantitative estimate of drug-likeness (QED) is 0.761. The third-order valence-electron chi connectivity index (χ3n) is 4.86. The van der Waals surface area contributed by atoms with Crippen molar-refractivity contribution < 1.29 is 14.3 Å². The summed E-state index contributed by atoms with van der Waals surface area (Å²) in [6, 6.07) is -0.0231. The minimum atomic E-state index is -0.0231. The number of amides is 2. The van der Waals surface area contributed by atoms with Gasteiger partial charge in [-0.25, -0.2) is 4.79 Å². The topological polar surface area (TPSA) is 84.8 Å². The van der Waals surface area contributed by atoms with Crippen LogP contribution in [0.25, 0.3) is 0 Å². The van der Waals surface area contributed by atoms with E-state index in [1.54, 1.807) is 6.33 Å². The standard InChI is InChI=1S/C17H30N6O3/c1-2-22-14-19-20-16(22)4-5-18-17(24)23-6-3-9-26-15(13-23)12-21-7-10-25-11-8-21/h14-15H,2-13H2,1H3,(H,18,24). The Labute approximate surface area is 154 Å². The summed E-state index contributed by atoms with van der Waals surface area (Å²) >= 11 is 0. The molecule has 3 rings (SSSR count).